The van der Waals surface area contributed by atoms with Crippen LogP contribution in [0.25, 0.3) is 11.0 Å². The van der Waals surface area contributed by atoms with E-state index in [1.165, 1.54) is 0 Å². The molecule has 1 aromatic carbocycles. The minimum Gasteiger partial charge on any atom is -0.350 e. The average molecular weight is 497 g/mol. The number of halogens is 6. The summed E-state index contributed by atoms with van der Waals surface area (Å²) in [5, 5.41) is 2.84. The van der Waals surface area contributed by atoms with Crippen molar-refractivity contribution in [1.82, 2.24) is 20.2 Å². The number of benzene rings is 1. The van der Waals surface area contributed by atoms with Crippen LogP contribution in [0.5, 0.6) is 0 Å². The van der Waals surface area contributed by atoms with E-state index in [4.69, 9.17) is 0 Å². The van der Waals surface area contributed by atoms with Gasteiger partial charge in [0.2, 0.25) is 5.91 Å². The number of amides is 1. The Labute approximate surface area is 196 Å². The van der Waals surface area contributed by atoms with Gasteiger partial charge in [-0.3, -0.25) is 9.69 Å². The molecule has 3 rings (SSSR count). The lowest BCUT2D eigenvalue weighted by Gasteiger charge is -2.39. The van der Waals surface area contributed by atoms with Crippen LogP contribution >= 0.6 is 0 Å². The Morgan fingerprint density at radius 3 is 2.06 bits per heavy atom. The van der Waals surface area contributed by atoms with E-state index < -0.39 is 29.0 Å². The molecule has 1 aliphatic heterocycles. The number of alkyl halides is 6. The molecule has 194 valence electrons. The molecule has 1 amide bonds. The van der Waals surface area contributed by atoms with Gasteiger partial charge in [-0.25, -0.2) is 4.98 Å². The number of rotatable bonds is 4. The highest BCUT2D eigenvalue weighted by molar-refractivity contribution is 5.81. The number of aromatic nitrogens is 2. The van der Waals surface area contributed by atoms with Gasteiger partial charge in [-0.1, -0.05) is 27.7 Å². The molecule has 0 atom stereocenters. The van der Waals surface area contributed by atoms with Crippen LogP contribution in [0.4, 0.5) is 26.3 Å². The van der Waals surface area contributed by atoms with E-state index in [0.29, 0.717) is 19.2 Å². The third-order valence-corrected chi connectivity index (χ3v) is 4.66. The highest BCUT2D eigenvalue weighted by Crippen LogP contribution is 2.39. The lowest BCUT2D eigenvalue weighted by atomic mass is 9.96. The van der Waals surface area contributed by atoms with Gasteiger partial charge in [0, 0.05) is 25.0 Å². The molecule has 1 aromatic heterocycles. The predicted octanol–water partition coefficient (Wildman–Crippen LogP) is 6.04. The molecule has 34 heavy (non-hydrogen) atoms. The van der Waals surface area contributed by atoms with E-state index in [-0.39, 0.29) is 47.7 Å². The maximum atomic E-state index is 13.3. The summed E-state index contributed by atoms with van der Waals surface area (Å²) < 4.78 is 78.7. The van der Waals surface area contributed by atoms with Crippen molar-refractivity contribution in [2.45, 2.75) is 72.8 Å². The zero-order chi connectivity index (χ0) is 26.5. The van der Waals surface area contributed by atoms with Crippen molar-refractivity contribution in [2.24, 2.45) is 5.92 Å². The molecule has 1 saturated heterocycles. The van der Waals surface area contributed by atoms with Gasteiger partial charge in [0.25, 0.3) is 0 Å². The third kappa shape index (κ3) is 8.18. The molecule has 1 fully saturated rings. The standard InChI is InChI=1S/C19H22F6N4O.2C2H6/c1-17(2,3)28-15(30)9-29-7-10(8-29)4-14-26-13-6-11(18(20,21)22)5-12(16(13)27-14)19(23,24)25;2*1-2/h5-6,10H,4,7-9H2,1-3H3,(H,26,27)(H,28,30);2*1-2H3. The van der Waals surface area contributed by atoms with Gasteiger partial charge in [-0.15, -0.1) is 0 Å². The lowest BCUT2D eigenvalue weighted by Crippen LogP contribution is -2.53. The highest BCUT2D eigenvalue weighted by atomic mass is 19.4. The number of nitrogens with one attached hydrogen (secondary N) is 2. The molecular formula is C23H34F6N4O. The summed E-state index contributed by atoms with van der Waals surface area (Å²) in [4.78, 5) is 20.3. The number of nitrogens with zero attached hydrogens (tertiary/aromatic N) is 2. The average Bonchev–Trinajstić information content (AvgIpc) is 3.08. The Morgan fingerprint density at radius 2 is 1.59 bits per heavy atom. The van der Waals surface area contributed by atoms with E-state index >= 15 is 0 Å². The van der Waals surface area contributed by atoms with Crippen LogP contribution in [0.15, 0.2) is 12.1 Å². The van der Waals surface area contributed by atoms with Crippen LogP contribution in [-0.4, -0.2) is 45.9 Å². The third-order valence-electron chi connectivity index (χ3n) is 4.66. The summed E-state index contributed by atoms with van der Waals surface area (Å²) >= 11 is 0. The summed E-state index contributed by atoms with van der Waals surface area (Å²) in [5.41, 5.74) is -3.96. The number of fused-ring (bicyclic) bond motifs is 1. The molecule has 0 bridgehead atoms. The molecule has 1 aliphatic rings. The summed E-state index contributed by atoms with van der Waals surface area (Å²) in [5.74, 6) is 0.113. The van der Waals surface area contributed by atoms with Crippen molar-refractivity contribution in [3.05, 3.63) is 29.1 Å². The summed E-state index contributed by atoms with van der Waals surface area (Å²) in [6, 6.07) is 0.733. The van der Waals surface area contributed by atoms with Crippen LogP contribution in [0.1, 0.15) is 65.4 Å². The first-order chi connectivity index (χ1) is 15.6. The van der Waals surface area contributed by atoms with E-state index in [1.807, 2.05) is 53.4 Å². The maximum Gasteiger partial charge on any atom is 0.418 e. The van der Waals surface area contributed by atoms with E-state index in [2.05, 4.69) is 15.3 Å². The Hall–Kier alpha value is -2.30. The predicted molar refractivity (Wildman–Crippen MR) is 120 cm³/mol. The van der Waals surface area contributed by atoms with Gasteiger partial charge < -0.3 is 10.3 Å². The topological polar surface area (TPSA) is 61.0 Å². The number of carbonyl (C=O) groups is 1. The first kappa shape index (κ1) is 29.7. The highest BCUT2D eigenvalue weighted by Gasteiger charge is 2.39. The van der Waals surface area contributed by atoms with E-state index in [1.54, 1.807) is 0 Å². The summed E-state index contributed by atoms with van der Waals surface area (Å²) in [6.07, 6.45) is -9.58. The van der Waals surface area contributed by atoms with Gasteiger partial charge >= 0.3 is 12.4 Å². The molecule has 0 aliphatic carbocycles. The molecule has 0 radical (unpaired) electrons. The fraction of sp³-hybridized carbons (Fsp3) is 0.652. The Bertz CT molecular complexity index is 938. The van der Waals surface area contributed by atoms with Gasteiger partial charge in [0.15, 0.2) is 0 Å². The van der Waals surface area contributed by atoms with Gasteiger partial charge in [0.05, 0.1) is 23.2 Å². The molecule has 2 aromatic rings. The molecule has 11 heteroatoms. The number of imidazole rings is 1. The number of carbonyl (C=O) groups excluding carboxylic acids is 1. The van der Waals surface area contributed by atoms with Crippen LogP contribution in [0.2, 0.25) is 0 Å². The Kier molecular flexibility index (Phi) is 9.98. The molecular weight excluding hydrogens is 462 g/mol. The first-order valence-electron chi connectivity index (χ1n) is 11.3. The molecule has 2 N–H and O–H groups in total. The van der Waals surface area contributed by atoms with Crippen LogP contribution in [0, 0.1) is 5.92 Å². The number of hydrogen-bond acceptors (Lipinski definition) is 3. The SMILES string of the molecule is CC.CC.CC(C)(C)NC(=O)CN1CC(Cc2nc3c(C(F)(F)F)cc(C(F)(F)F)cc3[nH]2)C1. The number of aromatic amines is 1. The smallest absolute Gasteiger partial charge is 0.350 e. The van der Waals surface area contributed by atoms with E-state index in [9.17, 15) is 31.1 Å². The number of hydrogen-bond donors (Lipinski definition) is 2. The van der Waals surface area contributed by atoms with Crippen molar-refractivity contribution in [1.29, 1.82) is 0 Å². The second kappa shape index (κ2) is 11.4. The van der Waals surface area contributed by atoms with Gasteiger partial charge in [0.1, 0.15) is 11.3 Å². The zero-order valence-electron chi connectivity index (χ0n) is 20.6. The summed E-state index contributed by atoms with van der Waals surface area (Å²) in [6.45, 7) is 14.9. The van der Waals surface area contributed by atoms with Crippen LogP contribution in [0.3, 0.4) is 0 Å². The van der Waals surface area contributed by atoms with E-state index in [0.717, 1.165) is 0 Å². The monoisotopic (exact) mass is 496 g/mol. The normalized spacial score (nSPS) is 15.1. The molecule has 2 heterocycles. The second-order valence-electron chi connectivity index (χ2n) is 8.66. The maximum absolute atomic E-state index is 13.3. The molecule has 0 saturated carbocycles. The molecule has 5 nitrogen and oxygen atoms in total. The lowest BCUT2D eigenvalue weighted by molar-refractivity contribution is -0.142. The first-order valence-corrected chi connectivity index (χ1v) is 11.3. The van der Waals surface area contributed by atoms with Crippen LogP contribution in [-0.2, 0) is 23.6 Å². The minimum atomic E-state index is -4.96. The Morgan fingerprint density at radius 1 is 1.03 bits per heavy atom. The minimum absolute atomic E-state index is 0.0458. The van der Waals surface area contributed by atoms with Crippen LogP contribution < -0.4 is 5.32 Å². The van der Waals surface area contributed by atoms with Crippen molar-refractivity contribution >= 4 is 16.9 Å². The number of H-pyrrole nitrogens is 1. The fourth-order valence-corrected chi connectivity index (χ4v) is 3.51. The summed E-state index contributed by atoms with van der Waals surface area (Å²) in [7, 11) is 0. The van der Waals surface area contributed by atoms with Gasteiger partial charge in [-0.05, 0) is 38.8 Å². The fourth-order valence-electron chi connectivity index (χ4n) is 3.51. The molecule has 0 unspecified atom stereocenters. The second-order valence-corrected chi connectivity index (χ2v) is 8.66. The zero-order valence-corrected chi connectivity index (χ0v) is 20.6. The van der Waals surface area contributed by atoms with Crippen molar-refractivity contribution in [3.8, 4) is 0 Å². The van der Waals surface area contributed by atoms with Crippen molar-refractivity contribution in [3.63, 3.8) is 0 Å². The molecule has 0 spiro atoms. The van der Waals surface area contributed by atoms with Crippen molar-refractivity contribution < 1.29 is 31.1 Å². The van der Waals surface area contributed by atoms with Crippen molar-refractivity contribution in [2.75, 3.05) is 19.6 Å². The quantitative estimate of drug-likeness (QED) is 0.508. The van der Waals surface area contributed by atoms with Gasteiger partial charge in [-0.2, -0.15) is 26.3 Å². The largest absolute Gasteiger partial charge is 0.418 e. The Balaban J connectivity index is 0.00000137. The number of likely N-dealkylation sites (tertiary alicyclic amines) is 1.